The largest absolute Gasteiger partial charge is 0.381 e. The fraction of sp³-hybridized carbons (Fsp3) is 0.538. The monoisotopic (exact) mass is 349 g/mol. The van der Waals surface area contributed by atoms with Crippen LogP contribution in [0.3, 0.4) is 0 Å². The summed E-state index contributed by atoms with van der Waals surface area (Å²) in [6.07, 6.45) is 4.78. The van der Waals surface area contributed by atoms with Crippen LogP contribution in [0.1, 0.15) is 25.7 Å². The van der Waals surface area contributed by atoms with Gasteiger partial charge in [-0.25, -0.2) is 4.39 Å². The van der Waals surface area contributed by atoms with Crippen LogP contribution in [0.5, 0.6) is 0 Å². The second-order valence-corrected chi connectivity index (χ2v) is 5.55. The first-order valence-corrected chi connectivity index (χ1v) is 7.02. The Hall–Kier alpha value is -0.360. The Labute approximate surface area is 115 Å². The molecule has 4 heteroatoms. The third-order valence-corrected chi connectivity index (χ3v) is 4.37. The Morgan fingerprint density at radius 1 is 1.41 bits per heavy atom. The van der Waals surface area contributed by atoms with Crippen LogP contribution < -0.4 is 5.32 Å². The highest BCUT2D eigenvalue weighted by Crippen LogP contribution is 2.27. The molecule has 0 spiro atoms. The summed E-state index contributed by atoms with van der Waals surface area (Å²) in [6.45, 7) is 0. The standard InChI is InChI=1S/C13H17FINO/c1-17-10-5-2-4-9(8-10)16-12-7-3-6-11(14)13(12)15/h3,6-7,9-10,16H,2,4-5,8H2,1H3. The fourth-order valence-electron chi connectivity index (χ4n) is 2.33. The molecule has 0 heterocycles. The first-order chi connectivity index (χ1) is 8.20. The molecule has 0 radical (unpaired) electrons. The Morgan fingerprint density at radius 3 is 3.00 bits per heavy atom. The van der Waals surface area contributed by atoms with E-state index in [0.29, 0.717) is 15.7 Å². The molecule has 2 atom stereocenters. The van der Waals surface area contributed by atoms with Gasteiger partial charge in [0.05, 0.1) is 15.4 Å². The van der Waals surface area contributed by atoms with Gasteiger partial charge in [0, 0.05) is 13.2 Å². The lowest BCUT2D eigenvalue weighted by atomic mass is 9.92. The van der Waals surface area contributed by atoms with Gasteiger partial charge in [-0.05, 0) is 60.4 Å². The molecule has 0 aliphatic heterocycles. The van der Waals surface area contributed by atoms with Gasteiger partial charge >= 0.3 is 0 Å². The van der Waals surface area contributed by atoms with E-state index in [4.69, 9.17) is 4.74 Å². The third-order valence-electron chi connectivity index (χ3n) is 3.27. The summed E-state index contributed by atoms with van der Waals surface area (Å²) >= 11 is 2.05. The number of hydrogen-bond acceptors (Lipinski definition) is 2. The fourth-order valence-corrected chi connectivity index (χ4v) is 2.84. The quantitative estimate of drug-likeness (QED) is 0.839. The summed E-state index contributed by atoms with van der Waals surface area (Å²) in [5.41, 5.74) is 0.896. The zero-order chi connectivity index (χ0) is 12.3. The van der Waals surface area contributed by atoms with Gasteiger partial charge in [0.15, 0.2) is 0 Å². The molecule has 2 unspecified atom stereocenters. The molecular formula is C13H17FINO. The number of halogens is 2. The summed E-state index contributed by atoms with van der Waals surface area (Å²) in [5.74, 6) is -0.158. The molecule has 1 aliphatic rings. The Morgan fingerprint density at radius 2 is 2.24 bits per heavy atom. The highest BCUT2D eigenvalue weighted by Gasteiger charge is 2.22. The van der Waals surface area contributed by atoms with Gasteiger partial charge in [0.25, 0.3) is 0 Å². The number of nitrogens with one attached hydrogen (secondary N) is 1. The van der Waals surface area contributed by atoms with Crippen LogP contribution in [0.25, 0.3) is 0 Å². The average Bonchev–Trinajstić information content (AvgIpc) is 2.35. The van der Waals surface area contributed by atoms with Gasteiger partial charge in [0.2, 0.25) is 0 Å². The molecule has 1 aromatic carbocycles. The summed E-state index contributed by atoms with van der Waals surface area (Å²) in [7, 11) is 1.76. The minimum Gasteiger partial charge on any atom is -0.381 e. The predicted molar refractivity (Wildman–Crippen MR) is 75.8 cm³/mol. The number of anilines is 1. The van der Waals surface area contributed by atoms with Gasteiger partial charge < -0.3 is 10.1 Å². The second-order valence-electron chi connectivity index (χ2n) is 4.47. The van der Waals surface area contributed by atoms with Crippen molar-refractivity contribution in [3.63, 3.8) is 0 Å². The molecule has 94 valence electrons. The third kappa shape index (κ3) is 3.31. The number of ether oxygens (including phenoxy) is 1. The van der Waals surface area contributed by atoms with Crippen LogP contribution >= 0.6 is 22.6 Å². The van der Waals surface area contributed by atoms with Crippen LogP contribution in [0.4, 0.5) is 10.1 Å². The molecule has 0 saturated heterocycles. The van der Waals surface area contributed by atoms with Crippen molar-refractivity contribution in [1.29, 1.82) is 0 Å². The molecular weight excluding hydrogens is 332 g/mol. The van der Waals surface area contributed by atoms with E-state index < -0.39 is 0 Å². The number of methoxy groups -OCH3 is 1. The van der Waals surface area contributed by atoms with Crippen molar-refractivity contribution >= 4 is 28.3 Å². The highest BCUT2D eigenvalue weighted by molar-refractivity contribution is 14.1. The normalized spacial score (nSPS) is 24.6. The number of benzene rings is 1. The molecule has 1 fully saturated rings. The lowest BCUT2D eigenvalue weighted by Crippen LogP contribution is -2.31. The van der Waals surface area contributed by atoms with Gasteiger partial charge in [-0.3, -0.25) is 0 Å². The van der Waals surface area contributed by atoms with Crippen LogP contribution in [0.2, 0.25) is 0 Å². The van der Waals surface area contributed by atoms with Crippen molar-refractivity contribution in [3.8, 4) is 0 Å². The minimum atomic E-state index is -0.158. The van der Waals surface area contributed by atoms with E-state index in [0.717, 1.165) is 24.9 Å². The summed E-state index contributed by atoms with van der Waals surface area (Å²) in [5, 5.41) is 3.43. The van der Waals surface area contributed by atoms with Crippen molar-refractivity contribution in [2.24, 2.45) is 0 Å². The molecule has 17 heavy (non-hydrogen) atoms. The second kappa shape index (κ2) is 6.00. The van der Waals surface area contributed by atoms with E-state index >= 15 is 0 Å². The van der Waals surface area contributed by atoms with E-state index in [1.54, 1.807) is 13.2 Å². The molecule has 0 bridgehead atoms. The van der Waals surface area contributed by atoms with E-state index in [1.807, 2.05) is 28.7 Å². The summed E-state index contributed by atoms with van der Waals surface area (Å²) in [6, 6.07) is 5.56. The van der Waals surface area contributed by atoms with Crippen LogP contribution in [-0.4, -0.2) is 19.3 Å². The average molecular weight is 349 g/mol. The van der Waals surface area contributed by atoms with Gasteiger partial charge in [0.1, 0.15) is 5.82 Å². The lowest BCUT2D eigenvalue weighted by Gasteiger charge is -2.29. The van der Waals surface area contributed by atoms with Crippen molar-refractivity contribution in [1.82, 2.24) is 0 Å². The SMILES string of the molecule is COC1CCCC(Nc2cccc(F)c2I)C1. The van der Waals surface area contributed by atoms with E-state index in [9.17, 15) is 4.39 Å². The van der Waals surface area contributed by atoms with Crippen LogP contribution in [0, 0.1) is 9.39 Å². The first kappa shape index (κ1) is 13.1. The van der Waals surface area contributed by atoms with E-state index in [1.165, 1.54) is 12.5 Å². The van der Waals surface area contributed by atoms with Crippen molar-refractivity contribution in [2.75, 3.05) is 12.4 Å². The van der Waals surface area contributed by atoms with Gasteiger partial charge in [-0.1, -0.05) is 6.07 Å². The molecule has 0 aromatic heterocycles. The van der Waals surface area contributed by atoms with Crippen LogP contribution in [0.15, 0.2) is 18.2 Å². The van der Waals surface area contributed by atoms with Crippen LogP contribution in [-0.2, 0) is 4.74 Å². The van der Waals surface area contributed by atoms with E-state index in [2.05, 4.69) is 5.32 Å². The van der Waals surface area contributed by atoms with Gasteiger partial charge in [-0.15, -0.1) is 0 Å². The van der Waals surface area contributed by atoms with Gasteiger partial charge in [-0.2, -0.15) is 0 Å². The molecule has 1 aromatic rings. The number of hydrogen-bond donors (Lipinski definition) is 1. The predicted octanol–water partition coefficient (Wildman–Crippen LogP) is 3.80. The Bertz CT molecular complexity index is 386. The molecule has 0 amide bonds. The first-order valence-electron chi connectivity index (χ1n) is 5.94. The van der Waals surface area contributed by atoms with Crippen molar-refractivity contribution < 1.29 is 9.13 Å². The summed E-state index contributed by atoms with van der Waals surface area (Å²) in [4.78, 5) is 0. The van der Waals surface area contributed by atoms with Crippen molar-refractivity contribution in [3.05, 3.63) is 27.6 Å². The summed E-state index contributed by atoms with van der Waals surface area (Å²) < 4.78 is 19.5. The zero-order valence-corrected chi connectivity index (χ0v) is 12.0. The maximum atomic E-state index is 13.4. The number of rotatable bonds is 3. The molecule has 2 rings (SSSR count). The Balaban J connectivity index is 2.02. The molecule has 1 aliphatic carbocycles. The molecule has 1 N–H and O–H groups in total. The Kier molecular flexibility index (Phi) is 4.62. The molecule has 2 nitrogen and oxygen atoms in total. The smallest absolute Gasteiger partial charge is 0.138 e. The lowest BCUT2D eigenvalue weighted by molar-refractivity contribution is 0.0669. The highest BCUT2D eigenvalue weighted by atomic mass is 127. The zero-order valence-electron chi connectivity index (χ0n) is 9.88. The topological polar surface area (TPSA) is 21.3 Å². The minimum absolute atomic E-state index is 0.158. The molecule has 1 saturated carbocycles. The maximum absolute atomic E-state index is 13.4. The maximum Gasteiger partial charge on any atom is 0.138 e. The van der Waals surface area contributed by atoms with Crippen molar-refractivity contribution in [2.45, 2.75) is 37.8 Å². The van der Waals surface area contributed by atoms with E-state index in [-0.39, 0.29) is 5.82 Å².